The fourth-order valence-electron chi connectivity index (χ4n) is 2.53. The third-order valence-corrected chi connectivity index (χ3v) is 3.73. The first-order valence-electron chi connectivity index (χ1n) is 6.27. The Morgan fingerprint density at radius 3 is 2.47 bits per heavy atom. The number of aryl methyl sites for hydroxylation is 1. The van der Waals surface area contributed by atoms with Gasteiger partial charge in [-0.2, -0.15) is 0 Å². The van der Waals surface area contributed by atoms with Gasteiger partial charge in [0.1, 0.15) is 17.5 Å². The lowest BCUT2D eigenvalue weighted by Gasteiger charge is -2.11. The Morgan fingerprint density at radius 2 is 1.84 bits per heavy atom. The first-order chi connectivity index (χ1) is 9.17. The van der Waals surface area contributed by atoms with E-state index >= 15 is 0 Å². The van der Waals surface area contributed by atoms with Crippen LogP contribution in [-0.4, -0.2) is 11.7 Å². The molecule has 0 aromatic heterocycles. The lowest BCUT2D eigenvalue weighted by molar-refractivity contribution is 0.172. The topological polar surface area (TPSA) is 32.8 Å². The maximum atomic E-state index is 13.0. The molecular weight excluding hydrogens is 243 g/mol. The fraction of sp³-hybridized carbons (Fsp3) is 0.250. The molecule has 2 atom stereocenters. The van der Waals surface area contributed by atoms with Crippen molar-refractivity contribution in [2.24, 2.45) is 0 Å². The predicted molar refractivity (Wildman–Crippen MR) is 70.2 cm³/mol. The van der Waals surface area contributed by atoms with Gasteiger partial charge < -0.3 is 9.84 Å². The number of aliphatic hydroxyl groups is 1. The Hall–Kier alpha value is -1.71. The minimum atomic E-state index is -0.722. The molecule has 1 N–H and O–H groups in total. The highest BCUT2D eigenvalue weighted by atomic mass is 19.1. The minimum Gasteiger partial charge on any atom is -0.393 e. The number of benzene rings is 2. The predicted octanol–water partition coefficient (Wildman–Crippen LogP) is 3.09. The molecule has 2 nitrogen and oxygen atoms in total. The summed E-state index contributed by atoms with van der Waals surface area (Å²) in [6.07, 6.45) is -0.163. The molecule has 98 valence electrons. The van der Waals surface area contributed by atoms with Crippen LogP contribution in [0.15, 0.2) is 48.5 Å². The molecule has 0 spiro atoms. The van der Waals surface area contributed by atoms with Gasteiger partial charge in [-0.05, 0) is 35.7 Å². The maximum absolute atomic E-state index is 13.0. The number of halogens is 1. The summed E-state index contributed by atoms with van der Waals surface area (Å²) in [5.74, 6) is -0.287. The average Bonchev–Trinajstić information content (AvgIpc) is 3.16. The summed E-state index contributed by atoms with van der Waals surface area (Å²) >= 11 is 0. The van der Waals surface area contributed by atoms with Crippen LogP contribution < -0.4 is 0 Å². The van der Waals surface area contributed by atoms with Gasteiger partial charge in [0.15, 0.2) is 0 Å². The lowest BCUT2D eigenvalue weighted by Crippen LogP contribution is -2.15. The zero-order valence-electron chi connectivity index (χ0n) is 10.6. The Kier molecular flexibility index (Phi) is 2.88. The first-order valence-corrected chi connectivity index (χ1v) is 6.27. The summed E-state index contributed by atoms with van der Waals surface area (Å²) in [7, 11) is 0. The van der Waals surface area contributed by atoms with E-state index in [1.807, 2.05) is 31.2 Å². The number of aliphatic hydroxyl groups excluding tert-OH is 1. The number of ether oxygens (including phenoxy) is 1. The van der Waals surface area contributed by atoms with Crippen LogP contribution in [0.2, 0.25) is 0 Å². The Labute approximate surface area is 111 Å². The Balaban J connectivity index is 1.96. The highest BCUT2D eigenvalue weighted by Crippen LogP contribution is 2.57. The zero-order valence-corrected chi connectivity index (χ0v) is 10.6. The van der Waals surface area contributed by atoms with Gasteiger partial charge in [-0.1, -0.05) is 36.4 Å². The molecule has 0 saturated carbocycles. The molecule has 1 aliphatic rings. The van der Waals surface area contributed by atoms with E-state index in [1.165, 1.54) is 12.1 Å². The van der Waals surface area contributed by atoms with E-state index in [0.29, 0.717) is 0 Å². The number of hydrogen-bond acceptors (Lipinski definition) is 2. The second-order valence-electron chi connectivity index (χ2n) is 4.91. The van der Waals surface area contributed by atoms with Crippen LogP contribution in [0, 0.1) is 12.7 Å². The van der Waals surface area contributed by atoms with Gasteiger partial charge in [0, 0.05) is 0 Å². The number of hydrogen-bond donors (Lipinski definition) is 1. The van der Waals surface area contributed by atoms with E-state index in [2.05, 4.69) is 0 Å². The van der Waals surface area contributed by atoms with Crippen LogP contribution >= 0.6 is 0 Å². The number of rotatable bonds is 3. The monoisotopic (exact) mass is 258 g/mol. The van der Waals surface area contributed by atoms with Gasteiger partial charge in [0.25, 0.3) is 0 Å². The maximum Gasteiger partial charge on any atom is 0.147 e. The first kappa shape index (κ1) is 12.3. The van der Waals surface area contributed by atoms with Crippen molar-refractivity contribution < 1.29 is 14.2 Å². The molecule has 2 aromatic rings. The van der Waals surface area contributed by atoms with Gasteiger partial charge in [-0.3, -0.25) is 0 Å². The highest BCUT2D eigenvalue weighted by molar-refractivity contribution is 5.39. The quantitative estimate of drug-likeness (QED) is 0.858. The van der Waals surface area contributed by atoms with Crippen LogP contribution in [0.25, 0.3) is 0 Å². The fourth-order valence-corrected chi connectivity index (χ4v) is 2.53. The van der Waals surface area contributed by atoms with Crippen molar-refractivity contribution in [1.82, 2.24) is 0 Å². The van der Waals surface area contributed by atoms with Crippen molar-refractivity contribution >= 4 is 0 Å². The molecule has 1 saturated heterocycles. The Bertz CT molecular complexity index is 594. The molecule has 2 aromatic carbocycles. The van der Waals surface area contributed by atoms with E-state index < -0.39 is 5.60 Å². The molecule has 3 heteroatoms. The van der Waals surface area contributed by atoms with Gasteiger partial charge in [0.2, 0.25) is 0 Å². The molecule has 19 heavy (non-hydrogen) atoms. The molecule has 0 unspecified atom stereocenters. The standard InChI is InChI=1S/C16H15FO2/c1-11-4-2-3-5-14(11)15-16(10-18,19-15)12-6-8-13(17)9-7-12/h2-9,15,18H,10H2,1H3/t15-,16+/m0/s1. The third kappa shape index (κ3) is 1.95. The van der Waals surface area contributed by atoms with E-state index in [1.54, 1.807) is 12.1 Å². The molecule has 0 radical (unpaired) electrons. The molecule has 0 aliphatic carbocycles. The smallest absolute Gasteiger partial charge is 0.147 e. The van der Waals surface area contributed by atoms with E-state index in [9.17, 15) is 9.50 Å². The molecule has 1 heterocycles. The summed E-state index contributed by atoms with van der Waals surface area (Å²) < 4.78 is 18.8. The van der Waals surface area contributed by atoms with Crippen molar-refractivity contribution in [3.05, 3.63) is 71.0 Å². The SMILES string of the molecule is Cc1ccccc1[C@@H]1O[C@]1(CO)c1ccc(F)cc1. The second-order valence-corrected chi connectivity index (χ2v) is 4.91. The molecule has 3 rings (SSSR count). The average molecular weight is 258 g/mol. The molecule has 0 bridgehead atoms. The van der Waals surface area contributed by atoms with E-state index in [-0.39, 0.29) is 18.5 Å². The summed E-state index contributed by atoms with van der Waals surface area (Å²) in [6, 6.07) is 14.1. The van der Waals surface area contributed by atoms with Gasteiger partial charge >= 0.3 is 0 Å². The van der Waals surface area contributed by atoms with Crippen LogP contribution in [0.5, 0.6) is 0 Å². The normalized spacial score (nSPS) is 25.3. The van der Waals surface area contributed by atoms with Crippen molar-refractivity contribution in [2.75, 3.05) is 6.61 Å². The highest BCUT2D eigenvalue weighted by Gasteiger charge is 2.58. The van der Waals surface area contributed by atoms with Crippen molar-refractivity contribution in [3.63, 3.8) is 0 Å². The van der Waals surface area contributed by atoms with Crippen LogP contribution in [0.1, 0.15) is 22.8 Å². The molecular formula is C16H15FO2. The number of epoxide rings is 1. The van der Waals surface area contributed by atoms with Gasteiger partial charge in [-0.25, -0.2) is 4.39 Å². The minimum absolute atomic E-state index is 0.113. The summed E-state index contributed by atoms with van der Waals surface area (Å²) in [5.41, 5.74) is 2.29. The van der Waals surface area contributed by atoms with Crippen molar-refractivity contribution in [3.8, 4) is 0 Å². The van der Waals surface area contributed by atoms with Crippen molar-refractivity contribution in [2.45, 2.75) is 18.6 Å². The van der Waals surface area contributed by atoms with Gasteiger partial charge in [-0.15, -0.1) is 0 Å². The largest absolute Gasteiger partial charge is 0.393 e. The Morgan fingerprint density at radius 1 is 1.16 bits per heavy atom. The van der Waals surface area contributed by atoms with Crippen molar-refractivity contribution in [1.29, 1.82) is 0 Å². The summed E-state index contributed by atoms with van der Waals surface area (Å²) in [4.78, 5) is 0. The lowest BCUT2D eigenvalue weighted by atomic mass is 9.91. The van der Waals surface area contributed by atoms with Crippen LogP contribution in [-0.2, 0) is 10.3 Å². The summed E-state index contributed by atoms with van der Waals surface area (Å²) in [5, 5.41) is 9.68. The zero-order chi connectivity index (χ0) is 13.5. The third-order valence-electron chi connectivity index (χ3n) is 3.73. The van der Waals surface area contributed by atoms with Crippen LogP contribution in [0.3, 0.4) is 0 Å². The van der Waals surface area contributed by atoms with Crippen LogP contribution in [0.4, 0.5) is 4.39 Å². The van der Waals surface area contributed by atoms with E-state index in [4.69, 9.17) is 4.74 Å². The summed E-state index contributed by atoms with van der Waals surface area (Å²) in [6.45, 7) is 1.90. The van der Waals surface area contributed by atoms with Gasteiger partial charge in [0.05, 0.1) is 6.61 Å². The second kappa shape index (κ2) is 4.44. The molecule has 1 aliphatic heterocycles. The molecule has 1 fully saturated rings. The van der Waals surface area contributed by atoms with E-state index in [0.717, 1.165) is 16.7 Å². The molecule has 0 amide bonds.